The monoisotopic (exact) mass is 275 g/mol. The molecule has 0 aliphatic rings. The van der Waals surface area contributed by atoms with E-state index in [0.29, 0.717) is 11.5 Å². The second-order valence-corrected chi connectivity index (χ2v) is 4.88. The van der Waals surface area contributed by atoms with Crippen molar-refractivity contribution in [3.63, 3.8) is 0 Å². The van der Waals surface area contributed by atoms with Crippen LogP contribution in [0.15, 0.2) is 40.8 Å². The number of aryl methyl sites for hydroxylation is 1. The van der Waals surface area contributed by atoms with Gasteiger partial charge in [-0.05, 0) is 38.1 Å². The average Bonchev–Trinajstić information content (AvgIpc) is 2.84. The number of hydrogen-bond donors (Lipinski definition) is 3. The molecule has 1 aromatic carbocycles. The highest BCUT2D eigenvalue weighted by Crippen LogP contribution is 2.22. The normalized spacial score (nSPS) is 13.8. The molecule has 1 unspecified atom stereocenters. The molecule has 2 rings (SSSR count). The first-order chi connectivity index (χ1) is 9.40. The zero-order valence-corrected chi connectivity index (χ0v) is 11.4. The highest BCUT2D eigenvalue weighted by atomic mass is 16.4. The minimum atomic E-state index is -1.31. The van der Waals surface area contributed by atoms with E-state index in [9.17, 15) is 15.0 Å². The van der Waals surface area contributed by atoms with Crippen molar-refractivity contribution in [2.75, 3.05) is 6.54 Å². The summed E-state index contributed by atoms with van der Waals surface area (Å²) in [5, 5.41) is 22.5. The number of phenols is 1. The van der Waals surface area contributed by atoms with Crippen LogP contribution >= 0.6 is 0 Å². The number of aliphatic hydroxyl groups is 1. The summed E-state index contributed by atoms with van der Waals surface area (Å²) in [5.41, 5.74) is -1.15. The molecule has 0 spiro atoms. The molecule has 1 heterocycles. The Kier molecular flexibility index (Phi) is 3.81. The molecule has 0 aliphatic heterocycles. The first-order valence-electron chi connectivity index (χ1n) is 6.25. The van der Waals surface area contributed by atoms with E-state index in [-0.39, 0.29) is 17.9 Å². The second-order valence-electron chi connectivity index (χ2n) is 4.88. The third-order valence-corrected chi connectivity index (χ3v) is 3.01. The number of hydrogen-bond acceptors (Lipinski definition) is 4. The molecule has 2 aromatic rings. The van der Waals surface area contributed by atoms with Crippen molar-refractivity contribution >= 4 is 5.91 Å². The summed E-state index contributed by atoms with van der Waals surface area (Å²) in [6.07, 6.45) is 0. The highest BCUT2D eigenvalue weighted by molar-refractivity contribution is 5.96. The number of benzene rings is 1. The summed E-state index contributed by atoms with van der Waals surface area (Å²) in [6, 6.07) is 9.64. The molecule has 0 saturated heterocycles. The molecule has 0 radical (unpaired) electrons. The Morgan fingerprint density at radius 2 is 2.00 bits per heavy atom. The lowest BCUT2D eigenvalue weighted by molar-refractivity contribution is 0.0323. The van der Waals surface area contributed by atoms with E-state index in [1.807, 2.05) is 0 Å². The van der Waals surface area contributed by atoms with E-state index in [0.717, 1.165) is 0 Å². The van der Waals surface area contributed by atoms with Crippen LogP contribution in [0.2, 0.25) is 0 Å². The Morgan fingerprint density at radius 1 is 1.30 bits per heavy atom. The topological polar surface area (TPSA) is 82.7 Å². The van der Waals surface area contributed by atoms with Crippen LogP contribution in [0.25, 0.3) is 0 Å². The minimum absolute atomic E-state index is 0.0207. The number of furan rings is 1. The Labute approximate surface area is 116 Å². The largest absolute Gasteiger partial charge is 0.507 e. The summed E-state index contributed by atoms with van der Waals surface area (Å²) in [7, 11) is 0. The van der Waals surface area contributed by atoms with Gasteiger partial charge in [0.05, 0.1) is 12.1 Å². The lowest BCUT2D eigenvalue weighted by atomic mass is 10.0. The van der Waals surface area contributed by atoms with Gasteiger partial charge in [0.25, 0.3) is 5.91 Å². The van der Waals surface area contributed by atoms with E-state index >= 15 is 0 Å². The van der Waals surface area contributed by atoms with Gasteiger partial charge in [0, 0.05) is 0 Å². The third kappa shape index (κ3) is 3.00. The van der Waals surface area contributed by atoms with Gasteiger partial charge in [-0.1, -0.05) is 12.1 Å². The number of nitrogens with one attached hydrogen (secondary N) is 1. The maximum atomic E-state index is 11.9. The fourth-order valence-corrected chi connectivity index (χ4v) is 1.82. The molecule has 1 atom stereocenters. The van der Waals surface area contributed by atoms with Crippen LogP contribution in [0, 0.1) is 6.92 Å². The van der Waals surface area contributed by atoms with Gasteiger partial charge in [-0.3, -0.25) is 4.79 Å². The van der Waals surface area contributed by atoms with Gasteiger partial charge in [0.2, 0.25) is 0 Å². The first-order valence-corrected chi connectivity index (χ1v) is 6.25. The summed E-state index contributed by atoms with van der Waals surface area (Å²) in [4.78, 5) is 11.9. The average molecular weight is 275 g/mol. The number of para-hydroxylation sites is 1. The third-order valence-electron chi connectivity index (χ3n) is 3.01. The lowest BCUT2D eigenvalue weighted by Gasteiger charge is -2.21. The van der Waals surface area contributed by atoms with E-state index in [2.05, 4.69) is 5.32 Å². The van der Waals surface area contributed by atoms with Crippen molar-refractivity contribution < 1.29 is 19.4 Å². The quantitative estimate of drug-likeness (QED) is 0.796. The molecule has 106 valence electrons. The van der Waals surface area contributed by atoms with Crippen molar-refractivity contribution in [1.82, 2.24) is 5.32 Å². The number of amides is 1. The van der Waals surface area contributed by atoms with E-state index in [1.54, 1.807) is 38.1 Å². The van der Waals surface area contributed by atoms with Crippen molar-refractivity contribution in [3.8, 4) is 5.75 Å². The zero-order chi connectivity index (χ0) is 14.8. The standard InChI is InChI=1S/C15H17NO4/c1-10-7-8-13(20-10)15(2,19)9-16-14(18)11-5-3-4-6-12(11)17/h3-8,17,19H,9H2,1-2H3,(H,16,18). The van der Waals surface area contributed by atoms with Gasteiger partial charge in [-0.25, -0.2) is 0 Å². The molecule has 20 heavy (non-hydrogen) atoms. The fraction of sp³-hybridized carbons (Fsp3) is 0.267. The van der Waals surface area contributed by atoms with E-state index in [4.69, 9.17) is 4.42 Å². The van der Waals surface area contributed by atoms with Crippen molar-refractivity contribution in [3.05, 3.63) is 53.5 Å². The van der Waals surface area contributed by atoms with Crippen LogP contribution in [0.4, 0.5) is 0 Å². The Balaban J connectivity index is 2.05. The summed E-state index contributed by atoms with van der Waals surface area (Å²) in [5.74, 6) is 0.519. The van der Waals surface area contributed by atoms with Crippen LogP contribution < -0.4 is 5.32 Å². The number of carbonyl (C=O) groups is 1. The fourth-order valence-electron chi connectivity index (χ4n) is 1.82. The van der Waals surface area contributed by atoms with Gasteiger partial charge in [0.15, 0.2) is 0 Å². The number of rotatable bonds is 4. The summed E-state index contributed by atoms with van der Waals surface area (Å²) < 4.78 is 5.36. The predicted molar refractivity (Wildman–Crippen MR) is 73.5 cm³/mol. The van der Waals surface area contributed by atoms with E-state index < -0.39 is 11.5 Å². The molecule has 1 amide bonds. The van der Waals surface area contributed by atoms with Crippen LogP contribution in [0.1, 0.15) is 28.8 Å². The van der Waals surface area contributed by atoms with Crippen molar-refractivity contribution in [2.24, 2.45) is 0 Å². The Hall–Kier alpha value is -2.27. The summed E-state index contributed by atoms with van der Waals surface area (Å²) in [6.45, 7) is 3.31. The second kappa shape index (κ2) is 5.38. The Morgan fingerprint density at radius 3 is 2.60 bits per heavy atom. The minimum Gasteiger partial charge on any atom is -0.507 e. The van der Waals surface area contributed by atoms with Gasteiger partial charge >= 0.3 is 0 Å². The molecular formula is C15H17NO4. The molecule has 1 aromatic heterocycles. The highest BCUT2D eigenvalue weighted by Gasteiger charge is 2.27. The SMILES string of the molecule is Cc1ccc(C(C)(O)CNC(=O)c2ccccc2O)o1. The van der Waals surface area contributed by atoms with Gasteiger partial charge in [-0.15, -0.1) is 0 Å². The number of aromatic hydroxyl groups is 1. The zero-order valence-electron chi connectivity index (χ0n) is 11.4. The number of carbonyl (C=O) groups excluding carboxylic acids is 1. The smallest absolute Gasteiger partial charge is 0.255 e. The van der Waals surface area contributed by atoms with Crippen LogP contribution in [0.5, 0.6) is 5.75 Å². The van der Waals surface area contributed by atoms with Crippen LogP contribution in [0.3, 0.4) is 0 Å². The van der Waals surface area contributed by atoms with E-state index in [1.165, 1.54) is 12.1 Å². The van der Waals surface area contributed by atoms with Crippen molar-refractivity contribution in [1.29, 1.82) is 0 Å². The molecule has 0 fully saturated rings. The lowest BCUT2D eigenvalue weighted by Crippen LogP contribution is -2.38. The van der Waals surface area contributed by atoms with Gasteiger partial charge in [-0.2, -0.15) is 0 Å². The van der Waals surface area contributed by atoms with Gasteiger partial charge in [0.1, 0.15) is 22.9 Å². The van der Waals surface area contributed by atoms with Crippen molar-refractivity contribution in [2.45, 2.75) is 19.4 Å². The predicted octanol–water partition coefficient (Wildman–Crippen LogP) is 1.93. The molecule has 0 bridgehead atoms. The first kappa shape index (κ1) is 14.1. The molecule has 0 saturated carbocycles. The van der Waals surface area contributed by atoms with Gasteiger partial charge < -0.3 is 19.9 Å². The Bertz CT molecular complexity index is 616. The molecular weight excluding hydrogens is 258 g/mol. The maximum Gasteiger partial charge on any atom is 0.255 e. The molecule has 5 nitrogen and oxygen atoms in total. The summed E-state index contributed by atoms with van der Waals surface area (Å²) >= 11 is 0. The maximum absolute atomic E-state index is 11.9. The van der Waals surface area contributed by atoms with Crippen LogP contribution in [-0.4, -0.2) is 22.7 Å². The molecule has 0 aliphatic carbocycles. The molecule has 5 heteroatoms. The molecule has 3 N–H and O–H groups in total. The number of phenolic OH excluding ortho intramolecular Hbond substituents is 1. The van der Waals surface area contributed by atoms with Crippen LogP contribution in [-0.2, 0) is 5.60 Å².